The summed E-state index contributed by atoms with van der Waals surface area (Å²) in [5.74, 6) is -1.66. The third kappa shape index (κ3) is 18.5. The molecule has 35 heavy (non-hydrogen) atoms. The van der Waals surface area contributed by atoms with Gasteiger partial charge in [0, 0.05) is 18.3 Å². The van der Waals surface area contributed by atoms with Crippen molar-refractivity contribution in [2.45, 2.75) is 106 Å². The van der Waals surface area contributed by atoms with Gasteiger partial charge in [0.2, 0.25) is 6.79 Å². The van der Waals surface area contributed by atoms with Crippen LogP contribution in [0.4, 0.5) is 0 Å². The van der Waals surface area contributed by atoms with Gasteiger partial charge in [0.05, 0.1) is 31.5 Å². The van der Waals surface area contributed by atoms with Crippen molar-refractivity contribution in [2.24, 2.45) is 10.8 Å². The van der Waals surface area contributed by atoms with Gasteiger partial charge in [-0.1, -0.05) is 20.8 Å². The molecule has 0 spiro atoms. The van der Waals surface area contributed by atoms with Crippen molar-refractivity contribution < 1.29 is 42.9 Å². The summed E-state index contributed by atoms with van der Waals surface area (Å²) in [6.45, 7) is 10.9. The van der Waals surface area contributed by atoms with Gasteiger partial charge in [-0.25, -0.2) is 0 Å². The molecule has 0 aromatic rings. The maximum atomic E-state index is 11.8. The highest BCUT2D eigenvalue weighted by molar-refractivity contribution is 5.83. The van der Waals surface area contributed by atoms with E-state index in [1.54, 1.807) is 20.8 Å². The van der Waals surface area contributed by atoms with E-state index < -0.39 is 30.1 Å². The fourth-order valence-corrected chi connectivity index (χ4v) is 2.65. The molecule has 0 aromatic heterocycles. The molecule has 0 fully saturated rings. The standard InChI is InChI=1S/C26H44O9/c1-25(2,3)20(27)13-9-7-11-17-32-21(28)14-10-8-12-18-33-22(29)15-16-23(30)34-19-35-24(31)26(4,5)6/h7-19H2,1-6H3. The number of carbonyl (C=O) groups excluding carboxylic acids is 5. The van der Waals surface area contributed by atoms with E-state index in [-0.39, 0.29) is 36.6 Å². The van der Waals surface area contributed by atoms with Gasteiger partial charge in [-0.3, -0.25) is 24.0 Å². The van der Waals surface area contributed by atoms with Crippen molar-refractivity contribution in [1.29, 1.82) is 0 Å². The number of ketones is 1. The van der Waals surface area contributed by atoms with Crippen molar-refractivity contribution in [3.63, 3.8) is 0 Å². The van der Waals surface area contributed by atoms with Gasteiger partial charge in [-0.15, -0.1) is 0 Å². The molecular weight excluding hydrogens is 456 g/mol. The third-order valence-electron chi connectivity index (χ3n) is 4.99. The van der Waals surface area contributed by atoms with Crippen molar-refractivity contribution in [3.8, 4) is 0 Å². The summed E-state index contributed by atoms with van der Waals surface area (Å²) < 4.78 is 19.8. The zero-order valence-corrected chi connectivity index (χ0v) is 22.4. The molecule has 202 valence electrons. The van der Waals surface area contributed by atoms with Crippen LogP contribution in [0.2, 0.25) is 0 Å². The van der Waals surface area contributed by atoms with Gasteiger partial charge in [0.25, 0.3) is 0 Å². The first-order valence-corrected chi connectivity index (χ1v) is 12.4. The Hall–Kier alpha value is -2.45. The molecule has 0 aromatic carbocycles. The lowest BCUT2D eigenvalue weighted by Gasteiger charge is -2.16. The predicted molar refractivity (Wildman–Crippen MR) is 129 cm³/mol. The van der Waals surface area contributed by atoms with Crippen molar-refractivity contribution in [1.82, 2.24) is 0 Å². The predicted octanol–water partition coefficient (Wildman–Crippen LogP) is 4.68. The first-order chi connectivity index (χ1) is 16.2. The minimum absolute atomic E-state index is 0.122. The van der Waals surface area contributed by atoms with Gasteiger partial charge in [0.15, 0.2) is 0 Å². The number of unbranched alkanes of at least 4 members (excludes halogenated alkanes) is 4. The highest BCUT2D eigenvalue weighted by Crippen LogP contribution is 2.18. The Morgan fingerprint density at radius 2 is 0.943 bits per heavy atom. The van der Waals surface area contributed by atoms with Crippen LogP contribution in [-0.2, 0) is 42.9 Å². The molecular formula is C26H44O9. The second-order valence-electron chi connectivity index (χ2n) is 10.6. The molecule has 0 N–H and O–H groups in total. The van der Waals surface area contributed by atoms with E-state index in [9.17, 15) is 24.0 Å². The van der Waals surface area contributed by atoms with E-state index in [1.165, 1.54) is 0 Å². The van der Waals surface area contributed by atoms with Crippen LogP contribution in [0.25, 0.3) is 0 Å². The largest absolute Gasteiger partial charge is 0.466 e. The summed E-state index contributed by atoms with van der Waals surface area (Å²) >= 11 is 0. The number of Topliss-reactive ketones (excluding diaryl/α,β-unsaturated/α-hetero) is 1. The molecule has 0 atom stereocenters. The van der Waals surface area contributed by atoms with Crippen LogP contribution in [0.3, 0.4) is 0 Å². The highest BCUT2D eigenvalue weighted by Gasteiger charge is 2.23. The van der Waals surface area contributed by atoms with Gasteiger partial charge < -0.3 is 18.9 Å². The van der Waals surface area contributed by atoms with Crippen LogP contribution in [0.15, 0.2) is 0 Å². The minimum atomic E-state index is -0.689. The number of esters is 4. The number of rotatable bonds is 17. The van der Waals surface area contributed by atoms with E-state index in [0.29, 0.717) is 38.7 Å². The lowest BCUT2D eigenvalue weighted by molar-refractivity contribution is -0.174. The number of carbonyl (C=O) groups is 5. The maximum Gasteiger partial charge on any atom is 0.314 e. The normalized spacial score (nSPS) is 11.5. The van der Waals surface area contributed by atoms with Crippen LogP contribution < -0.4 is 0 Å². The maximum absolute atomic E-state index is 11.8. The SMILES string of the molecule is CC(C)(C)C(=O)CCCCCOC(=O)CCCCCOC(=O)CCC(=O)OCOC(=O)C(C)(C)C. The molecule has 9 heteroatoms. The number of ether oxygens (including phenoxy) is 4. The minimum Gasteiger partial charge on any atom is -0.466 e. The molecule has 0 unspecified atom stereocenters. The van der Waals surface area contributed by atoms with E-state index in [2.05, 4.69) is 0 Å². The molecule has 0 aliphatic rings. The second-order valence-corrected chi connectivity index (χ2v) is 10.6. The van der Waals surface area contributed by atoms with Crippen molar-refractivity contribution >= 4 is 29.7 Å². The van der Waals surface area contributed by atoms with Crippen molar-refractivity contribution in [2.75, 3.05) is 20.0 Å². The molecule has 0 aliphatic carbocycles. The van der Waals surface area contributed by atoms with Gasteiger partial charge in [-0.2, -0.15) is 0 Å². The Bertz CT molecular complexity index is 684. The second kappa shape index (κ2) is 17.1. The van der Waals surface area contributed by atoms with Crippen LogP contribution in [0, 0.1) is 10.8 Å². The Morgan fingerprint density at radius 3 is 1.43 bits per heavy atom. The van der Waals surface area contributed by atoms with Gasteiger partial charge in [0.1, 0.15) is 5.78 Å². The number of hydrogen-bond donors (Lipinski definition) is 0. The first kappa shape index (κ1) is 32.5. The smallest absolute Gasteiger partial charge is 0.314 e. The van der Waals surface area contributed by atoms with Crippen LogP contribution in [-0.4, -0.2) is 49.7 Å². The molecule has 9 nitrogen and oxygen atoms in total. The Morgan fingerprint density at radius 1 is 0.486 bits per heavy atom. The molecule has 0 aliphatic heterocycles. The molecule has 0 saturated heterocycles. The fourth-order valence-electron chi connectivity index (χ4n) is 2.65. The monoisotopic (exact) mass is 500 g/mol. The molecule has 0 heterocycles. The summed E-state index contributed by atoms with van der Waals surface area (Å²) in [6.07, 6.45) is 4.93. The highest BCUT2D eigenvalue weighted by atomic mass is 16.7. The zero-order valence-electron chi connectivity index (χ0n) is 22.4. The Labute approximate surface area is 209 Å². The summed E-state index contributed by atoms with van der Waals surface area (Å²) in [5.41, 5.74) is -0.991. The third-order valence-corrected chi connectivity index (χ3v) is 4.99. The summed E-state index contributed by atoms with van der Waals surface area (Å²) in [4.78, 5) is 58.3. The molecule has 0 amide bonds. The van der Waals surface area contributed by atoms with E-state index in [4.69, 9.17) is 18.9 Å². The van der Waals surface area contributed by atoms with Gasteiger partial charge >= 0.3 is 23.9 Å². The molecule has 0 radical (unpaired) electrons. The molecule has 0 saturated carbocycles. The summed E-state index contributed by atoms with van der Waals surface area (Å²) in [6, 6.07) is 0. The lowest BCUT2D eigenvalue weighted by atomic mass is 9.88. The van der Waals surface area contributed by atoms with Crippen LogP contribution in [0.1, 0.15) is 106 Å². The molecule has 0 rings (SSSR count). The lowest BCUT2D eigenvalue weighted by Crippen LogP contribution is -2.24. The summed E-state index contributed by atoms with van der Waals surface area (Å²) in [5, 5.41) is 0. The van der Waals surface area contributed by atoms with Crippen LogP contribution >= 0.6 is 0 Å². The van der Waals surface area contributed by atoms with Crippen molar-refractivity contribution in [3.05, 3.63) is 0 Å². The Balaban J connectivity index is 3.61. The zero-order chi connectivity index (χ0) is 26.9. The van der Waals surface area contributed by atoms with E-state index >= 15 is 0 Å². The quantitative estimate of drug-likeness (QED) is 0.121. The van der Waals surface area contributed by atoms with E-state index in [0.717, 1.165) is 19.3 Å². The average Bonchev–Trinajstić information content (AvgIpc) is 2.75. The molecule has 0 bridgehead atoms. The topological polar surface area (TPSA) is 122 Å². The van der Waals surface area contributed by atoms with Crippen LogP contribution in [0.5, 0.6) is 0 Å². The fraction of sp³-hybridized carbons (Fsp3) is 0.808. The average molecular weight is 501 g/mol. The summed E-state index contributed by atoms with van der Waals surface area (Å²) in [7, 11) is 0. The number of hydrogen-bond acceptors (Lipinski definition) is 9. The van der Waals surface area contributed by atoms with E-state index in [1.807, 2.05) is 20.8 Å². The Kier molecular flexibility index (Phi) is 15.9. The van der Waals surface area contributed by atoms with Gasteiger partial charge in [-0.05, 0) is 59.3 Å². The first-order valence-electron chi connectivity index (χ1n) is 12.4.